The van der Waals surface area contributed by atoms with Crippen LogP contribution in [0.25, 0.3) is 0 Å². The van der Waals surface area contributed by atoms with E-state index in [1.807, 2.05) is 23.1 Å². The number of nitrogens with zero attached hydrogens (tertiary/aromatic N) is 1. The van der Waals surface area contributed by atoms with Crippen molar-refractivity contribution in [3.05, 3.63) is 29.8 Å². The number of rotatable bonds is 6. The van der Waals surface area contributed by atoms with Crippen LogP contribution in [0.1, 0.15) is 44.6 Å². The molecule has 1 saturated carbocycles. The van der Waals surface area contributed by atoms with E-state index >= 15 is 0 Å². The third-order valence-electron chi connectivity index (χ3n) is 5.84. The number of amides is 2. The van der Waals surface area contributed by atoms with E-state index in [1.165, 1.54) is 30.6 Å². The van der Waals surface area contributed by atoms with Gasteiger partial charge in [-0.3, -0.25) is 9.59 Å². The van der Waals surface area contributed by atoms with Crippen LogP contribution >= 0.6 is 0 Å². The van der Waals surface area contributed by atoms with Crippen LogP contribution in [0.3, 0.4) is 0 Å². The van der Waals surface area contributed by atoms with Gasteiger partial charge in [0, 0.05) is 12.1 Å². The van der Waals surface area contributed by atoms with Crippen molar-refractivity contribution >= 4 is 17.5 Å². The van der Waals surface area contributed by atoms with Crippen LogP contribution in [0.4, 0.5) is 5.69 Å². The lowest BCUT2D eigenvalue weighted by Gasteiger charge is -2.32. The molecule has 2 N–H and O–H groups in total. The van der Waals surface area contributed by atoms with Gasteiger partial charge in [0.2, 0.25) is 5.91 Å². The van der Waals surface area contributed by atoms with Gasteiger partial charge >= 0.3 is 0 Å². The van der Waals surface area contributed by atoms with Crippen LogP contribution < -0.4 is 10.2 Å². The fourth-order valence-corrected chi connectivity index (χ4v) is 4.21. The number of quaternary nitrogens is 1. The monoisotopic (exact) mass is 358 g/mol. The number of para-hydroxylation sites is 1. The van der Waals surface area contributed by atoms with Crippen molar-refractivity contribution in [2.24, 2.45) is 5.92 Å². The third-order valence-corrected chi connectivity index (χ3v) is 5.84. The SMILES string of the molecule is CCc1ccccc1NC(=O)C[NH+]1CCN(C(=O)CC2CCCC2)CC1. The molecule has 1 heterocycles. The van der Waals surface area contributed by atoms with Gasteiger partial charge in [-0.05, 0) is 36.8 Å². The summed E-state index contributed by atoms with van der Waals surface area (Å²) < 4.78 is 0. The predicted octanol–water partition coefficient (Wildman–Crippen LogP) is 1.49. The Hall–Kier alpha value is -1.88. The average Bonchev–Trinajstić information content (AvgIpc) is 3.15. The summed E-state index contributed by atoms with van der Waals surface area (Å²) in [5.41, 5.74) is 2.09. The van der Waals surface area contributed by atoms with E-state index in [0.29, 0.717) is 18.4 Å². The molecular weight excluding hydrogens is 326 g/mol. The fourth-order valence-electron chi connectivity index (χ4n) is 4.21. The topological polar surface area (TPSA) is 53.9 Å². The highest BCUT2D eigenvalue weighted by Crippen LogP contribution is 2.28. The zero-order valence-electron chi connectivity index (χ0n) is 15.9. The fraction of sp³-hybridized carbons (Fsp3) is 0.619. The second-order valence-corrected chi connectivity index (χ2v) is 7.72. The standard InChI is InChI=1S/C21H31N3O2/c1-2-18-9-5-6-10-19(18)22-20(25)16-23-11-13-24(14-12-23)21(26)15-17-7-3-4-8-17/h5-6,9-10,17H,2-4,7-8,11-16H2,1H3,(H,22,25)/p+1. The van der Waals surface area contributed by atoms with E-state index in [9.17, 15) is 9.59 Å². The Morgan fingerprint density at radius 1 is 1.15 bits per heavy atom. The molecule has 26 heavy (non-hydrogen) atoms. The zero-order valence-corrected chi connectivity index (χ0v) is 15.9. The van der Waals surface area contributed by atoms with Crippen molar-refractivity contribution in [1.29, 1.82) is 0 Å². The number of carbonyl (C=O) groups is 2. The van der Waals surface area contributed by atoms with Gasteiger partial charge in [-0.2, -0.15) is 0 Å². The van der Waals surface area contributed by atoms with Crippen molar-refractivity contribution < 1.29 is 14.5 Å². The Morgan fingerprint density at radius 2 is 1.85 bits per heavy atom. The smallest absolute Gasteiger partial charge is 0.279 e. The molecule has 0 spiro atoms. The molecule has 2 aliphatic rings. The first-order chi connectivity index (χ1) is 12.7. The molecule has 5 nitrogen and oxygen atoms in total. The minimum Gasteiger partial charge on any atom is -0.331 e. The molecule has 3 rings (SSSR count). The summed E-state index contributed by atoms with van der Waals surface area (Å²) in [6, 6.07) is 7.97. The van der Waals surface area contributed by atoms with E-state index in [-0.39, 0.29) is 5.91 Å². The largest absolute Gasteiger partial charge is 0.331 e. The van der Waals surface area contributed by atoms with Gasteiger partial charge < -0.3 is 15.1 Å². The number of anilines is 1. The Balaban J connectivity index is 1.41. The van der Waals surface area contributed by atoms with Crippen molar-refractivity contribution in [3.63, 3.8) is 0 Å². The molecule has 1 aromatic rings. The molecule has 1 saturated heterocycles. The molecule has 1 aliphatic heterocycles. The summed E-state index contributed by atoms with van der Waals surface area (Å²) in [4.78, 5) is 28.1. The first-order valence-electron chi connectivity index (χ1n) is 10.1. The van der Waals surface area contributed by atoms with Crippen molar-refractivity contribution in [2.75, 3.05) is 38.0 Å². The van der Waals surface area contributed by atoms with Crippen molar-refractivity contribution in [2.45, 2.75) is 45.4 Å². The summed E-state index contributed by atoms with van der Waals surface area (Å²) in [6.45, 7) is 5.85. The lowest BCUT2D eigenvalue weighted by atomic mass is 10.0. The van der Waals surface area contributed by atoms with Gasteiger partial charge in [-0.25, -0.2) is 0 Å². The number of hydrogen-bond donors (Lipinski definition) is 2. The summed E-state index contributed by atoms with van der Waals surface area (Å²) in [7, 11) is 0. The summed E-state index contributed by atoms with van der Waals surface area (Å²) in [6.07, 6.45) is 6.64. The van der Waals surface area contributed by atoms with Gasteiger partial charge in [0.05, 0.1) is 26.2 Å². The van der Waals surface area contributed by atoms with Crippen LogP contribution in [0.2, 0.25) is 0 Å². The van der Waals surface area contributed by atoms with E-state index in [4.69, 9.17) is 0 Å². The maximum absolute atomic E-state index is 12.4. The maximum Gasteiger partial charge on any atom is 0.279 e. The number of piperazine rings is 1. The number of carbonyl (C=O) groups excluding carboxylic acids is 2. The number of hydrogen-bond acceptors (Lipinski definition) is 2. The van der Waals surface area contributed by atoms with Crippen LogP contribution in [-0.4, -0.2) is 49.4 Å². The van der Waals surface area contributed by atoms with Crippen molar-refractivity contribution in [3.8, 4) is 0 Å². The van der Waals surface area contributed by atoms with Gasteiger partial charge in [-0.15, -0.1) is 0 Å². The second-order valence-electron chi connectivity index (χ2n) is 7.72. The van der Waals surface area contributed by atoms with Crippen LogP contribution in [-0.2, 0) is 16.0 Å². The molecule has 2 fully saturated rings. The Kier molecular flexibility index (Phi) is 6.67. The van der Waals surface area contributed by atoms with Crippen LogP contribution in [0.5, 0.6) is 0 Å². The van der Waals surface area contributed by atoms with Gasteiger partial charge in [0.15, 0.2) is 6.54 Å². The highest BCUT2D eigenvalue weighted by Gasteiger charge is 2.27. The molecule has 142 valence electrons. The molecule has 0 radical (unpaired) electrons. The Morgan fingerprint density at radius 3 is 2.54 bits per heavy atom. The average molecular weight is 359 g/mol. The summed E-state index contributed by atoms with van der Waals surface area (Å²) in [5, 5.41) is 3.05. The van der Waals surface area contributed by atoms with Crippen LogP contribution in [0, 0.1) is 5.92 Å². The Labute approximate surface area is 156 Å². The number of benzene rings is 1. The minimum atomic E-state index is 0.0617. The number of nitrogens with one attached hydrogen (secondary N) is 2. The Bertz CT molecular complexity index is 617. The maximum atomic E-state index is 12.4. The molecule has 0 atom stereocenters. The summed E-state index contributed by atoms with van der Waals surface area (Å²) in [5.74, 6) is 0.987. The number of aryl methyl sites for hydroxylation is 1. The molecule has 5 heteroatoms. The van der Waals surface area contributed by atoms with E-state index < -0.39 is 0 Å². The minimum absolute atomic E-state index is 0.0617. The highest BCUT2D eigenvalue weighted by atomic mass is 16.2. The molecule has 1 aromatic carbocycles. The van der Waals surface area contributed by atoms with Gasteiger partial charge in [0.1, 0.15) is 0 Å². The molecule has 0 bridgehead atoms. The molecule has 0 unspecified atom stereocenters. The zero-order chi connectivity index (χ0) is 18.4. The lowest BCUT2D eigenvalue weighted by molar-refractivity contribution is -0.895. The normalized spacial score (nSPS) is 18.9. The highest BCUT2D eigenvalue weighted by molar-refractivity contribution is 5.92. The lowest BCUT2D eigenvalue weighted by Crippen LogP contribution is -3.15. The predicted molar refractivity (Wildman–Crippen MR) is 103 cm³/mol. The van der Waals surface area contributed by atoms with E-state index in [1.54, 1.807) is 0 Å². The van der Waals surface area contributed by atoms with Crippen molar-refractivity contribution in [1.82, 2.24) is 4.90 Å². The second kappa shape index (κ2) is 9.17. The molecular formula is C21H32N3O2+. The first-order valence-corrected chi connectivity index (χ1v) is 10.1. The van der Waals surface area contributed by atoms with Gasteiger partial charge in [0.25, 0.3) is 5.91 Å². The van der Waals surface area contributed by atoms with E-state index in [2.05, 4.69) is 18.3 Å². The molecule has 1 aliphatic carbocycles. The van der Waals surface area contributed by atoms with Gasteiger partial charge in [-0.1, -0.05) is 38.0 Å². The third kappa shape index (κ3) is 5.07. The quantitative estimate of drug-likeness (QED) is 0.810. The molecule has 0 aromatic heterocycles. The molecule has 2 amide bonds. The van der Waals surface area contributed by atoms with Crippen LogP contribution in [0.15, 0.2) is 24.3 Å². The van der Waals surface area contributed by atoms with E-state index in [0.717, 1.165) is 50.3 Å². The first kappa shape index (κ1) is 18.9. The summed E-state index contributed by atoms with van der Waals surface area (Å²) >= 11 is 0.